The third-order valence-electron chi connectivity index (χ3n) is 6.49. The van der Waals surface area contributed by atoms with E-state index in [0.717, 1.165) is 62.8 Å². The highest BCUT2D eigenvalue weighted by Crippen LogP contribution is 2.19. The Hall–Kier alpha value is -2.33. The number of aliphatic imine (C=N–C) groups is 1. The SMILES string of the molecule is CN=C(NCc1cccc(NC(=O)N2CCCC2)c1)NCC1CCCN1Cc1ccccc1.I. The number of rotatable bonds is 7. The normalized spacial score (nSPS) is 18.4. The number of carbonyl (C=O) groups excluding carboxylic acids is 1. The summed E-state index contributed by atoms with van der Waals surface area (Å²) in [5.41, 5.74) is 3.30. The summed E-state index contributed by atoms with van der Waals surface area (Å²) in [6, 6.07) is 19.2. The first-order valence-corrected chi connectivity index (χ1v) is 12.1. The number of hydrogen-bond donors (Lipinski definition) is 3. The van der Waals surface area contributed by atoms with E-state index in [-0.39, 0.29) is 30.0 Å². The number of anilines is 1. The van der Waals surface area contributed by atoms with Gasteiger partial charge in [-0.15, -0.1) is 24.0 Å². The molecule has 2 amide bonds. The van der Waals surface area contributed by atoms with Crippen LogP contribution in [0.15, 0.2) is 59.6 Å². The second kappa shape index (κ2) is 13.5. The fourth-order valence-corrected chi connectivity index (χ4v) is 4.66. The van der Waals surface area contributed by atoms with Gasteiger partial charge in [-0.3, -0.25) is 9.89 Å². The molecule has 4 rings (SSSR count). The highest BCUT2D eigenvalue weighted by atomic mass is 127. The van der Waals surface area contributed by atoms with Crippen LogP contribution in [0.2, 0.25) is 0 Å². The van der Waals surface area contributed by atoms with Gasteiger partial charge in [-0.05, 0) is 55.5 Å². The third-order valence-corrected chi connectivity index (χ3v) is 6.49. The summed E-state index contributed by atoms with van der Waals surface area (Å²) in [6.07, 6.45) is 4.62. The molecule has 3 N–H and O–H groups in total. The zero-order valence-electron chi connectivity index (χ0n) is 20.0. The number of hydrogen-bond acceptors (Lipinski definition) is 3. The van der Waals surface area contributed by atoms with Gasteiger partial charge in [0.1, 0.15) is 0 Å². The third kappa shape index (κ3) is 7.59. The van der Waals surface area contributed by atoms with Crippen LogP contribution in [0.1, 0.15) is 36.8 Å². The summed E-state index contributed by atoms with van der Waals surface area (Å²) in [4.78, 5) is 21.2. The minimum absolute atomic E-state index is 0. The lowest BCUT2D eigenvalue weighted by atomic mass is 10.2. The molecule has 2 aliphatic heterocycles. The number of halogens is 1. The van der Waals surface area contributed by atoms with Crippen molar-refractivity contribution >= 4 is 41.7 Å². The molecule has 2 fully saturated rings. The molecule has 0 bridgehead atoms. The van der Waals surface area contributed by atoms with Crippen LogP contribution in [0.4, 0.5) is 10.5 Å². The zero-order chi connectivity index (χ0) is 22.9. The Morgan fingerprint density at radius 3 is 2.50 bits per heavy atom. The van der Waals surface area contributed by atoms with E-state index >= 15 is 0 Å². The number of nitrogens with one attached hydrogen (secondary N) is 3. The molecule has 34 heavy (non-hydrogen) atoms. The summed E-state index contributed by atoms with van der Waals surface area (Å²) < 4.78 is 0. The lowest BCUT2D eigenvalue weighted by molar-refractivity contribution is 0.222. The van der Waals surface area contributed by atoms with Crippen molar-refractivity contribution in [1.82, 2.24) is 20.4 Å². The predicted molar refractivity (Wildman–Crippen MR) is 150 cm³/mol. The van der Waals surface area contributed by atoms with E-state index in [1.165, 1.54) is 18.4 Å². The van der Waals surface area contributed by atoms with Crippen LogP contribution in [0.5, 0.6) is 0 Å². The highest BCUT2D eigenvalue weighted by Gasteiger charge is 2.24. The minimum atomic E-state index is -0.00768. The largest absolute Gasteiger partial charge is 0.355 e. The van der Waals surface area contributed by atoms with Gasteiger partial charge < -0.3 is 20.9 Å². The summed E-state index contributed by atoms with van der Waals surface area (Å²) in [5, 5.41) is 9.93. The molecule has 0 radical (unpaired) electrons. The van der Waals surface area contributed by atoms with Crippen molar-refractivity contribution in [3.63, 3.8) is 0 Å². The Morgan fingerprint density at radius 1 is 0.971 bits per heavy atom. The molecule has 2 aromatic rings. The van der Waals surface area contributed by atoms with E-state index < -0.39 is 0 Å². The smallest absolute Gasteiger partial charge is 0.321 e. The standard InChI is InChI=1S/C26H36N6O.HI/c1-27-25(29-19-24-13-8-16-32(24)20-21-9-3-2-4-10-21)28-18-22-11-7-12-23(17-22)30-26(33)31-14-5-6-15-31;/h2-4,7,9-12,17,24H,5-6,8,13-16,18-20H2,1H3,(H,30,33)(H2,27,28,29);1H. The maximum absolute atomic E-state index is 12.4. The minimum Gasteiger partial charge on any atom is -0.355 e. The monoisotopic (exact) mass is 576 g/mol. The van der Waals surface area contributed by atoms with E-state index in [0.29, 0.717) is 12.6 Å². The van der Waals surface area contributed by atoms with Crippen molar-refractivity contribution in [3.05, 3.63) is 65.7 Å². The van der Waals surface area contributed by atoms with Crippen molar-refractivity contribution in [2.24, 2.45) is 4.99 Å². The maximum Gasteiger partial charge on any atom is 0.321 e. The molecule has 2 heterocycles. The van der Waals surface area contributed by atoms with Gasteiger partial charge in [0.2, 0.25) is 0 Å². The second-order valence-corrected chi connectivity index (χ2v) is 8.88. The Labute approximate surface area is 220 Å². The first-order valence-electron chi connectivity index (χ1n) is 12.1. The highest BCUT2D eigenvalue weighted by molar-refractivity contribution is 14.0. The fraction of sp³-hybridized carbons (Fsp3) is 0.462. The lowest BCUT2D eigenvalue weighted by Gasteiger charge is -2.25. The Kier molecular flexibility index (Phi) is 10.5. The van der Waals surface area contributed by atoms with Crippen molar-refractivity contribution in [2.45, 2.75) is 44.8 Å². The van der Waals surface area contributed by atoms with Crippen LogP contribution in [0.25, 0.3) is 0 Å². The van der Waals surface area contributed by atoms with Crippen LogP contribution >= 0.6 is 24.0 Å². The molecule has 1 unspecified atom stereocenters. The van der Waals surface area contributed by atoms with Gasteiger partial charge in [-0.2, -0.15) is 0 Å². The topological polar surface area (TPSA) is 72.0 Å². The molecular formula is C26H37IN6O. The average Bonchev–Trinajstić information content (AvgIpc) is 3.53. The summed E-state index contributed by atoms with van der Waals surface area (Å²) in [6.45, 7) is 5.35. The number of amides is 2. The molecule has 8 heteroatoms. The van der Waals surface area contributed by atoms with E-state index in [4.69, 9.17) is 0 Å². The molecule has 0 spiro atoms. The van der Waals surface area contributed by atoms with E-state index in [2.05, 4.69) is 62.2 Å². The van der Waals surface area contributed by atoms with Crippen molar-refractivity contribution in [3.8, 4) is 0 Å². The molecule has 184 valence electrons. The fourth-order valence-electron chi connectivity index (χ4n) is 4.66. The van der Waals surface area contributed by atoms with Crippen molar-refractivity contribution in [1.29, 1.82) is 0 Å². The summed E-state index contributed by atoms with van der Waals surface area (Å²) in [7, 11) is 1.80. The van der Waals surface area contributed by atoms with Gasteiger partial charge in [0, 0.05) is 51.5 Å². The van der Waals surface area contributed by atoms with Gasteiger partial charge in [0.05, 0.1) is 0 Å². The summed E-state index contributed by atoms with van der Waals surface area (Å²) in [5.74, 6) is 0.799. The number of carbonyl (C=O) groups is 1. The first-order chi connectivity index (χ1) is 16.2. The van der Waals surface area contributed by atoms with Crippen LogP contribution in [-0.4, -0.2) is 61.1 Å². The quantitative estimate of drug-likeness (QED) is 0.262. The molecule has 0 aromatic heterocycles. The van der Waals surface area contributed by atoms with Gasteiger partial charge in [-0.1, -0.05) is 42.5 Å². The van der Waals surface area contributed by atoms with Crippen LogP contribution in [0, 0.1) is 0 Å². The van der Waals surface area contributed by atoms with Crippen LogP contribution in [0.3, 0.4) is 0 Å². The molecular weight excluding hydrogens is 539 g/mol. The van der Waals surface area contributed by atoms with Gasteiger partial charge in [0.25, 0.3) is 0 Å². The van der Waals surface area contributed by atoms with E-state index in [1.54, 1.807) is 7.05 Å². The number of urea groups is 1. The number of guanidine groups is 1. The molecule has 2 saturated heterocycles. The summed E-state index contributed by atoms with van der Waals surface area (Å²) >= 11 is 0. The lowest BCUT2D eigenvalue weighted by Crippen LogP contribution is -2.44. The van der Waals surface area contributed by atoms with E-state index in [9.17, 15) is 4.79 Å². The number of nitrogens with zero attached hydrogens (tertiary/aromatic N) is 3. The molecule has 0 saturated carbocycles. The number of likely N-dealkylation sites (tertiary alicyclic amines) is 2. The van der Waals surface area contributed by atoms with Crippen molar-refractivity contribution in [2.75, 3.05) is 38.5 Å². The maximum atomic E-state index is 12.4. The average molecular weight is 577 g/mol. The first kappa shape index (κ1) is 26.3. The van der Waals surface area contributed by atoms with Gasteiger partial charge >= 0.3 is 6.03 Å². The van der Waals surface area contributed by atoms with Gasteiger partial charge in [0.15, 0.2) is 5.96 Å². The zero-order valence-corrected chi connectivity index (χ0v) is 22.3. The Balaban J connectivity index is 0.00000324. The number of benzene rings is 2. The van der Waals surface area contributed by atoms with Crippen LogP contribution < -0.4 is 16.0 Å². The van der Waals surface area contributed by atoms with Crippen molar-refractivity contribution < 1.29 is 4.79 Å². The molecule has 1 atom stereocenters. The Morgan fingerprint density at radius 2 is 1.74 bits per heavy atom. The van der Waals surface area contributed by atoms with Gasteiger partial charge in [-0.25, -0.2) is 4.79 Å². The Bertz CT molecular complexity index is 932. The molecule has 2 aliphatic rings. The second-order valence-electron chi connectivity index (χ2n) is 8.88. The van der Waals surface area contributed by atoms with E-state index in [1.807, 2.05) is 23.1 Å². The van der Waals surface area contributed by atoms with Crippen LogP contribution in [-0.2, 0) is 13.1 Å². The predicted octanol–water partition coefficient (Wildman–Crippen LogP) is 4.26. The molecule has 0 aliphatic carbocycles. The molecule has 2 aromatic carbocycles. The molecule has 7 nitrogen and oxygen atoms in total.